The van der Waals surface area contributed by atoms with Crippen LogP contribution >= 0.6 is 0 Å². The van der Waals surface area contributed by atoms with Crippen molar-refractivity contribution in [3.8, 4) is 0 Å². The number of benzene rings is 1. The summed E-state index contributed by atoms with van der Waals surface area (Å²) in [6, 6.07) is 5.90. The average molecular weight is 809 g/mol. The topological polar surface area (TPSA) is 229 Å². The van der Waals surface area contributed by atoms with Gasteiger partial charge in [-0.15, -0.1) is 0 Å². The Balaban J connectivity index is 1.43. The number of hydrogen-bond acceptors (Lipinski definition) is 10. The van der Waals surface area contributed by atoms with Crippen molar-refractivity contribution < 1.29 is 24.0 Å². The molecule has 3 fully saturated rings. The lowest BCUT2D eigenvalue weighted by Crippen LogP contribution is -2.65. The summed E-state index contributed by atoms with van der Waals surface area (Å²) >= 11 is 0. The molecule has 1 aromatic carbocycles. The van der Waals surface area contributed by atoms with Crippen LogP contribution in [0.2, 0.25) is 0 Å². The lowest BCUT2D eigenvalue weighted by molar-refractivity contribution is -0.145. The Bertz CT molecular complexity index is 1430. The van der Waals surface area contributed by atoms with Crippen molar-refractivity contribution in [1.82, 2.24) is 20.9 Å². The number of carbonyl (C=O) groups excluding carboxylic acids is 5. The lowest BCUT2D eigenvalue weighted by Gasteiger charge is -2.36. The van der Waals surface area contributed by atoms with Gasteiger partial charge in [0.2, 0.25) is 17.7 Å². The summed E-state index contributed by atoms with van der Waals surface area (Å²) in [7, 11) is 1.72. The first-order chi connectivity index (χ1) is 28.0. The zero-order valence-electron chi connectivity index (χ0n) is 35.4. The summed E-state index contributed by atoms with van der Waals surface area (Å²) in [6.45, 7) is 1.21. The van der Waals surface area contributed by atoms with Crippen molar-refractivity contribution in [3.63, 3.8) is 0 Å². The maximum atomic E-state index is 14.8. The average Bonchev–Trinajstić information content (AvgIpc) is 3.73. The van der Waals surface area contributed by atoms with E-state index in [-0.39, 0.29) is 24.1 Å². The number of Topliss-reactive ketones (excluding diaryl/α,β-unsaturated/α-hetero) is 2. The van der Waals surface area contributed by atoms with Crippen LogP contribution < -0.4 is 38.9 Å². The Kier molecular flexibility index (Phi) is 20.3. The zero-order valence-corrected chi connectivity index (χ0v) is 35.4. The number of carbonyl (C=O) groups is 5. The largest absolute Gasteiger partial charge is 0.355 e. The van der Waals surface area contributed by atoms with Crippen molar-refractivity contribution in [3.05, 3.63) is 35.9 Å². The fourth-order valence-corrected chi connectivity index (χ4v) is 9.52. The van der Waals surface area contributed by atoms with Gasteiger partial charge in [0, 0.05) is 13.1 Å². The SMILES string of the molecule is CN[C@@H](Cc1ccccc1)C(=O)N[C@@H](CCCCN)C(=O)N1CCC[C@H]1C(=O)C(N)(CCCCCNC(=O)[C@@H](N)CC1CCCCC1)C(=O)[C@H](N)CC1CCCCC1. The number of nitrogens with one attached hydrogen (secondary N) is 3. The molecule has 3 aliphatic rings. The van der Waals surface area contributed by atoms with E-state index in [1.54, 1.807) is 7.05 Å². The Hall–Kier alpha value is -3.23. The molecule has 6 atom stereocenters. The van der Waals surface area contributed by atoms with Crippen LogP contribution in [0.5, 0.6) is 0 Å². The normalized spacial score (nSPS) is 21.1. The summed E-state index contributed by atoms with van der Waals surface area (Å²) < 4.78 is 0. The number of amides is 3. The van der Waals surface area contributed by atoms with E-state index in [1.165, 1.54) is 30.6 Å². The lowest BCUT2D eigenvalue weighted by atomic mass is 9.75. The van der Waals surface area contributed by atoms with Gasteiger partial charge in [0.15, 0.2) is 11.6 Å². The third kappa shape index (κ3) is 14.2. The molecule has 58 heavy (non-hydrogen) atoms. The van der Waals surface area contributed by atoms with E-state index in [1.807, 2.05) is 30.3 Å². The Labute approximate surface area is 347 Å². The first-order valence-electron chi connectivity index (χ1n) is 22.7. The molecule has 4 rings (SSSR count). The number of nitrogens with zero attached hydrogens (tertiary/aromatic N) is 1. The van der Waals surface area contributed by atoms with E-state index in [0.717, 1.165) is 44.1 Å². The maximum Gasteiger partial charge on any atom is 0.245 e. The fourth-order valence-electron chi connectivity index (χ4n) is 9.52. The molecule has 3 amide bonds. The third-order valence-electron chi connectivity index (χ3n) is 13.1. The molecule has 1 aromatic rings. The van der Waals surface area contributed by atoms with Gasteiger partial charge in [-0.25, -0.2) is 0 Å². The highest BCUT2D eigenvalue weighted by molar-refractivity contribution is 6.15. The molecule has 2 aliphatic carbocycles. The third-order valence-corrected chi connectivity index (χ3v) is 13.1. The molecule has 0 radical (unpaired) electrons. The summed E-state index contributed by atoms with van der Waals surface area (Å²) in [5.41, 5.74) is 24.8. The second-order valence-corrected chi connectivity index (χ2v) is 17.6. The van der Waals surface area contributed by atoms with Crippen LogP contribution in [0.4, 0.5) is 0 Å². The van der Waals surface area contributed by atoms with Gasteiger partial charge >= 0.3 is 0 Å². The molecule has 1 aliphatic heterocycles. The van der Waals surface area contributed by atoms with E-state index in [9.17, 15) is 24.0 Å². The second-order valence-electron chi connectivity index (χ2n) is 17.6. The van der Waals surface area contributed by atoms with Crippen molar-refractivity contribution in [2.45, 2.75) is 177 Å². The minimum atomic E-state index is -1.88. The molecule has 1 heterocycles. The van der Waals surface area contributed by atoms with Crippen molar-refractivity contribution in [2.75, 3.05) is 26.7 Å². The molecule has 13 nitrogen and oxygen atoms in total. The van der Waals surface area contributed by atoms with Crippen LogP contribution in [-0.2, 0) is 30.4 Å². The number of likely N-dealkylation sites (tertiary alicyclic amines) is 1. The number of hydrogen-bond donors (Lipinski definition) is 7. The second kappa shape index (κ2) is 24.8. The minimum Gasteiger partial charge on any atom is -0.355 e. The molecular weight excluding hydrogens is 733 g/mol. The Morgan fingerprint density at radius 2 is 1.40 bits per heavy atom. The number of rotatable bonds is 25. The predicted molar refractivity (Wildman–Crippen MR) is 229 cm³/mol. The van der Waals surface area contributed by atoms with E-state index in [2.05, 4.69) is 16.0 Å². The fraction of sp³-hybridized carbons (Fsp3) is 0.756. The molecule has 1 saturated heterocycles. The number of likely N-dealkylation sites (N-methyl/N-ethyl adjacent to an activating group) is 1. The molecule has 11 N–H and O–H groups in total. The van der Waals surface area contributed by atoms with Crippen molar-refractivity contribution in [2.24, 2.45) is 34.8 Å². The molecule has 326 valence electrons. The van der Waals surface area contributed by atoms with Gasteiger partial charge in [0.05, 0.1) is 24.2 Å². The molecule has 0 aromatic heterocycles. The van der Waals surface area contributed by atoms with E-state index in [4.69, 9.17) is 22.9 Å². The van der Waals surface area contributed by atoms with E-state index in [0.29, 0.717) is 102 Å². The van der Waals surface area contributed by atoms with Gasteiger partial charge < -0.3 is 43.8 Å². The highest BCUT2D eigenvalue weighted by atomic mass is 16.2. The quantitative estimate of drug-likeness (QED) is 0.0562. The zero-order chi connectivity index (χ0) is 41.9. The smallest absolute Gasteiger partial charge is 0.245 e. The Morgan fingerprint density at radius 3 is 2.02 bits per heavy atom. The minimum absolute atomic E-state index is 0.0940. The monoisotopic (exact) mass is 809 g/mol. The standard InChI is InChI=1S/C45H76N8O5/c1-50-38(31-34-21-10-4-11-22-34)43(57)52-37(23-12-14-26-46)44(58)53-28-16-24-39(53)41(55)45(49,40(54)35(47)29-32-17-6-2-7-18-32)25-13-5-15-27-51-42(56)36(48)30-33-19-8-3-9-20-33/h4,10-11,21-22,32-33,35-39,50H,2-3,5-9,12-20,23-31,46-49H2,1H3,(H,51,56)(H,52,57)/t35-,36+,37+,38+,39+,45?/m1/s1. The number of nitrogens with two attached hydrogens (primary N) is 4. The van der Waals surface area contributed by atoms with Crippen molar-refractivity contribution in [1.29, 1.82) is 0 Å². The predicted octanol–water partition coefficient (Wildman–Crippen LogP) is 3.53. The summed E-state index contributed by atoms with van der Waals surface area (Å²) in [4.78, 5) is 71.4. The van der Waals surface area contributed by atoms with Crippen LogP contribution in [0, 0.1) is 11.8 Å². The molecule has 2 saturated carbocycles. The van der Waals surface area contributed by atoms with E-state index >= 15 is 0 Å². The maximum absolute atomic E-state index is 14.8. The van der Waals surface area contributed by atoms with Gasteiger partial charge in [0.25, 0.3) is 0 Å². The molecule has 0 bridgehead atoms. The van der Waals surface area contributed by atoms with E-state index < -0.39 is 47.3 Å². The Morgan fingerprint density at radius 1 is 0.759 bits per heavy atom. The summed E-state index contributed by atoms with van der Waals surface area (Å²) in [5.74, 6) is -0.920. The van der Waals surface area contributed by atoms with Crippen LogP contribution in [0.15, 0.2) is 30.3 Å². The van der Waals surface area contributed by atoms with Crippen LogP contribution in [-0.4, -0.2) is 96.6 Å². The van der Waals surface area contributed by atoms with Crippen LogP contribution in [0.1, 0.15) is 140 Å². The van der Waals surface area contributed by atoms with Gasteiger partial charge in [-0.2, -0.15) is 0 Å². The summed E-state index contributed by atoms with van der Waals surface area (Å²) in [5, 5.41) is 9.05. The van der Waals surface area contributed by atoms with Gasteiger partial charge in [-0.1, -0.05) is 107 Å². The molecule has 13 heteroatoms. The molecule has 0 spiro atoms. The number of ketones is 2. The van der Waals surface area contributed by atoms with Gasteiger partial charge in [-0.05, 0) is 95.2 Å². The van der Waals surface area contributed by atoms with Gasteiger partial charge in [0.1, 0.15) is 11.6 Å². The number of unbranched alkanes of at least 4 members (excludes halogenated alkanes) is 3. The highest BCUT2D eigenvalue weighted by Crippen LogP contribution is 2.31. The molecular formula is C45H76N8O5. The highest BCUT2D eigenvalue weighted by Gasteiger charge is 2.50. The van der Waals surface area contributed by atoms with Crippen LogP contribution in [0.25, 0.3) is 0 Å². The first-order valence-corrected chi connectivity index (χ1v) is 22.7. The van der Waals surface area contributed by atoms with Crippen molar-refractivity contribution >= 4 is 29.3 Å². The first kappa shape index (κ1) is 47.4. The van der Waals surface area contributed by atoms with Crippen LogP contribution in [0.3, 0.4) is 0 Å². The molecule has 1 unspecified atom stereocenters. The summed E-state index contributed by atoms with van der Waals surface area (Å²) in [6.07, 6.45) is 17.4. The van der Waals surface area contributed by atoms with Gasteiger partial charge in [-0.3, -0.25) is 24.0 Å².